The molecule has 0 aliphatic carbocycles. The third-order valence-corrected chi connectivity index (χ3v) is 3.58. The molecule has 0 aliphatic rings. The van der Waals surface area contributed by atoms with Crippen molar-refractivity contribution in [3.8, 4) is 6.07 Å². The van der Waals surface area contributed by atoms with Gasteiger partial charge in [-0.25, -0.2) is 0 Å². The van der Waals surface area contributed by atoms with Gasteiger partial charge in [-0.05, 0) is 37.3 Å². The molecule has 2 aromatic carbocycles. The minimum atomic E-state index is -0.554. The van der Waals surface area contributed by atoms with E-state index in [0.29, 0.717) is 12.2 Å². The third kappa shape index (κ3) is 4.59. The van der Waals surface area contributed by atoms with E-state index >= 15 is 0 Å². The van der Waals surface area contributed by atoms with Gasteiger partial charge in [-0.3, -0.25) is 10.1 Å². The lowest BCUT2D eigenvalue weighted by Gasteiger charge is -2.22. The van der Waals surface area contributed by atoms with Crippen LogP contribution in [0.3, 0.4) is 0 Å². The van der Waals surface area contributed by atoms with Crippen LogP contribution in [0.1, 0.15) is 12.5 Å². The molecule has 2 rings (SSSR count). The zero-order valence-corrected chi connectivity index (χ0v) is 13.8. The monoisotopic (exact) mass is 338 g/mol. The number of hydrogen-bond donors (Lipinski definition) is 1. The molecule has 0 aromatic heterocycles. The van der Waals surface area contributed by atoms with Crippen molar-refractivity contribution >= 4 is 22.7 Å². The number of likely N-dealkylation sites (N-methyl/N-ethyl adjacent to an activating group) is 1. The maximum atomic E-state index is 10.7. The highest BCUT2D eigenvalue weighted by Gasteiger charge is 2.10. The number of nitro groups is 1. The van der Waals surface area contributed by atoms with Crippen molar-refractivity contribution in [3.63, 3.8) is 0 Å². The number of rotatable bonds is 7. The molecule has 0 heterocycles. The van der Waals surface area contributed by atoms with Crippen molar-refractivity contribution in [3.05, 3.63) is 58.1 Å². The first-order valence-electron chi connectivity index (χ1n) is 7.74. The molecule has 8 heteroatoms. The van der Waals surface area contributed by atoms with Crippen LogP contribution in [0.4, 0.5) is 22.7 Å². The molecule has 0 radical (unpaired) electrons. The Bertz CT molecular complexity index is 811. The van der Waals surface area contributed by atoms with Crippen LogP contribution in [0.2, 0.25) is 0 Å². The zero-order valence-electron chi connectivity index (χ0n) is 13.8. The first-order valence-corrected chi connectivity index (χ1v) is 7.74. The fourth-order valence-corrected chi connectivity index (χ4v) is 2.28. The maximum absolute atomic E-state index is 10.7. The van der Waals surface area contributed by atoms with E-state index in [1.165, 1.54) is 18.2 Å². The Hall–Kier alpha value is -3.31. The summed E-state index contributed by atoms with van der Waals surface area (Å²) in [5, 5.41) is 28.0. The van der Waals surface area contributed by atoms with Gasteiger partial charge in [0.15, 0.2) is 0 Å². The SMILES string of the molecule is CCN(CCN)c1ccc(N=Nc2ccc([N+](=O)[O-])cc2C#N)cc1. The van der Waals surface area contributed by atoms with Crippen LogP contribution in [0.5, 0.6) is 0 Å². The molecule has 0 saturated heterocycles. The number of benzene rings is 2. The van der Waals surface area contributed by atoms with Crippen LogP contribution in [0.15, 0.2) is 52.7 Å². The summed E-state index contributed by atoms with van der Waals surface area (Å²) in [6.07, 6.45) is 0. The smallest absolute Gasteiger partial charge is 0.270 e. The quantitative estimate of drug-likeness (QED) is 0.469. The lowest BCUT2D eigenvalue weighted by molar-refractivity contribution is -0.384. The molecule has 0 fully saturated rings. The molecule has 0 aliphatic heterocycles. The molecule has 8 nitrogen and oxygen atoms in total. The van der Waals surface area contributed by atoms with Gasteiger partial charge in [0.05, 0.1) is 16.2 Å². The second kappa shape index (κ2) is 8.52. The minimum absolute atomic E-state index is 0.106. The summed E-state index contributed by atoms with van der Waals surface area (Å²) in [6, 6.07) is 13.3. The summed E-state index contributed by atoms with van der Waals surface area (Å²) >= 11 is 0. The van der Waals surface area contributed by atoms with E-state index in [1.54, 1.807) is 0 Å². The van der Waals surface area contributed by atoms with E-state index in [1.807, 2.05) is 30.3 Å². The van der Waals surface area contributed by atoms with Crippen molar-refractivity contribution in [2.75, 3.05) is 24.5 Å². The Kier molecular flexibility index (Phi) is 6.14. The van der Waals surface area contributed by atoms with Gasteiger partial charge in [0, 0.05) is 37.5 Å². The van der Waals surface area contributed by atoms with E-state index in [-0.39, 0.29) is 16.9 Å². The van der Waals surface area contributed by atoms with Crippen molar-refractivity contribution in [2.45, 2.75) is 6.92 Å². The molecule has 0 spiro atoms. The number of nitrogens with two attached hydrogens (primary N) is 1. The topological polar surface area (TPSA) is 121 Å². The molecule has 25 heavy (non-hydrogen) atoms. The van der Waals surface area contributed by atoms with Crippen LogP contribution in [-0.4, -0.2) is 24.6 Å². The van der Waals surface area contributed by atoms with Gasteiger partial charge in [-0.15, -0.1) is 5.11 Å². The van der Waals surface area contributed by atoms with Gasteiger partial charge in [0.25, 0.3) is 5.69 Å². The van der Waals surface area contributed by atoms with Crippen LogP contribution in [0.25, 0.3) is 0 Å². The number of non-ortho nitro benzene ring substituents is 1. The minimum Gasteiger partial charge on any atom is -0.371 e. The predicted molar refractivity (Wildman–Crippen MR) is 95.4 cm³/mol. The molecule has 128 valence electrons. The summed E-state index contributed by atoms with van der Waals surface area (Å²) in [7, 11) is 0. The number of hydrogen-bond acceptors (Lipinski definition) is 7. The number of nitrogens with zero attached hydrogens (tertiary/aromatic N) is 5. The number of anilines is 1. The molecule has 2 N–H and O–H groups in total. The first kappa shape index (κ1) is 18.0. The van der Waals surface area contributed by atoms with Crippen LogP contribution in [0, 0.1) is 21.4 Å². The second-order valence-corrected chi connectivity index (χ2v) is 5.16. The summed E-state index contributed by atoms with van der Waals surface area (Å²) in [5.41, 5.74) is 7.50. The largest absolute Gasteiger partial charge is 0.371 e. The molecular weight excluding hydrogens is 320 g/mol. The Labute approximate surface area is 145 Å². The molecular formula is C17H18N6O2. The Morgan fingerprint density at radius 3 is 2.52 bits per heavy atom. The van der Waals surface area contributed by atoms with E-state index in [4.69, 9.17) is 11.0 Å². The molecule has 2 aromatic rings. The number of nitriles is 1. The van der Waals surface area contributed by atoms with Crippen LogP contribution in [-0.2, 0) is 0 Å². The summed E-state index contributed by atoms with van der Waals surface area (Å²) < 4.78 is 0. The van der Waals surface area contributed by atoms with E-state index in [9.17, 15) is 10.1 Å². The van der Waals surface area contributed by atoms with Crippen LogP contribution < -0.4 is 10.6 Å². The average Bonchev–Trinajstić information content (AvgIpc) is 2.64. The highest BCUT2D eigenvalue weighted by molar-refractivity contribution is 5.58. The lowest BCUT2D eigenvalue weighted by Crippen LogP contribution is -2.28. The fraction of sp³-hybridized carbons (Fsp3) is 0.235. The second-order valence-electron chi connectivity index (χ2n) is 5.16. The maximum Gasteiger partial charge on any atom is 0.270 e. The Morgan fingerprint density at radius 1 is 1.24 bits per heavy atom. The van der Waals surface area contributed by atoms with Crippen molar-refractivity contribution in [2.24, 2.45) is 16.0 Å². The third-order valence-electron chi connectivity index (χ3n) is 3.58. The first-order chi connectivity index (χ1) is 12.1. The van der Waals surface area contributed by atoms with Gasteiger partial charge >= 0.3 is 0 Å². The van der Waals surface area contributed by atoms with Gasteiger partial charge in [-0.2, -0.15) is 10.4 Å². The van der Waals surface area contributed by atoms with Gasteiger partial charge in [-0.1, -0.05) is 0 Å². The molecule has 0 unspecified atom stereocenters. The van der Waals surface area contributed by atoms with Crippen molar-refractivity contribution < 1.29 is 4.92 Å². The van der Waals surface area contributed by atoms with Crippen molar-refractivity contribution in [1.29, 1.82) is 5.26 Å². The number of azo groups is 1. The van der Waals surface area contributed by atoms with Gasteiger partial charge in [0.1, 0.15) is 11.8 Å². The van der Waals surface area contributed by atoms with Gasteiger partial charge in [0.2, 0.25) is 0 Å². The predicted octanol–water partition coefficient (Wildman–Crippen LogP) is 3.67. The van der Waals surface area contributed by atoms with Crippen molar-refractivity contribution in [1.82, 2.24) is 0 Å². The van der Waals surface area contributed by atoms with E-state index in [0.717, 1.165) is 18.8 Å². The highest BCUT2D eigenvalue weighted by Crippen LogP contribution is 2.26. The Balaban J connectivity index is 2.19. The molecule has 0 saturated carbocycles. The summed E-state index contributed by atoms with van der Waals surface area (Å²) in [4.78, 5) is 12.3. The Morgan fingerprint density at radius 2 is 1.96 bits per heavy atom. The lowest BCUT2D eigenvalue weighted by atomic mass is 10.2. The molecule has 0 bridgehead atoms. The highest BCUT2D eigenvalue weighted by atomic mass is 16.6. The fourth-order valence-electron chi connectivity index (χ4n) is 2.28. The normalized spacial score (nSPS) is 10.6. The van der Waals surface area contributed by atoms with E-state index in [2.05, 4.69) is 22.1 Å². The van der Waals surface area contributed by atoms with Gasteiger partial charge < -0.3 is 10.6 Å². The average molecular weight is 338 g/mol. The summed E-state index contributed by atoms with van der Waals surface area (Å²) in [5.74, 6) is 0. The summed E-state index contributed by atoms with van der Waals surface area (Å²) in [6.45, 7) is 4.26. The zero-order chi connectivity index (χ0) is 18.2. The standard InChI is InChI=1S/C17H18N6O2/c1-2-22(10-9-18)15-5-3-14(4-6-15)20-21-17-8-7-16(23(24)25)11-13(17)12-19/h3-8,11H,2,9-10,18H2,1H3. The van der Waals surface area contributed by atoms with Crippen LogP contribution >= 0.6 is 0 Å². The molecule has 0 atom stereocenters. The molecule has 0 amide bonds. The van der Waals surface area contributed by atoms with E-state index < -0.39 is 4.92 Å². The number of nitro benzene ring substituents is 1.